The molecule has 2 heterocycles. The van der Waals surface area contributed by atoms with Gasteiger partial charge in [0, 0.05) is 18.0 Å². The van der Waals surface area contributed by atoms with Gasteiger partial charge in [-0.3, -0.25) is 5.10 Å². The van der Waals surface area contributed by atoms with Crippen LogP contribution in [0.3, 0.4) is 0 Å². The fourth-order valence-electron chi connectivity index (χ4n) is 1.80. The molecule has 0 unspecified atom stereocenters. The number of hydrogen-bond donors (Lipinski definition) is 3. The van der Waals surface area contributed by atoms with E-state index in [0.29, 0.717) is 22.3 Å². The number of nitrogens with zero attached hydrogens (tertiary/aromatic N) is 1. The van der Waals surface area contributed by atoms with Gasteiger partial charge in [-0.05, 0) is 26.1 Å². The van der Waals surface area contributed by atoms with Crippen molar-refractivity contribution in [3.8, 4) is 0 Å². The third-order valence-corrected chi connectivity index (χ3v) is 5.47. The van der Waals surface area contributed by atoms with E-state index in [4.69, 9.17) is 11.6 Å². The van der Waals surface area contributed by atoms with E-state index in [2.05, 4.69) is 20.2 Å². The summed E-state index contributed by atoms with van der Waals surface area (Å²) < 4.78 is 27.9. The molecule has 0 radical (unpaired) electrons. The summed E-state index contributed by atoms with van der Waals surface area (Å²) in [6.45, 7) is 2.28. The van der Waals surface area contributed by atoms with Crippen LogP contribution in [0.15, 0.2) is 17.0 Å². The number of aromatic nitrogens is 2. The van der Waals surface area contributed by atoms with Crippen LogP contribution in [-0.4, -0.2) is 25.7 Å². The molecule has 2 aromatic heterocycles. The minimum atomic E-state index is -3.61. The molecule has 2 rings (SSSR count). The van der Waals surface area contributed by atoms with E-state index in [0.717, 1.165) is 4.88 Å². The highest BCUT2D eigenvalue weighted by molar-refractivity contribution is 7.89. The van der Waals surface area contributed by atoms with E-state index >= 15 is 0 Å². The van der Waals surface area contributed by atoms with Crippen LogP contribution < -0.4 is 10.0 Å². The number of aryl methyl sites for hydroxylation is 1. The van der Waals surface area contributed by atoms with Gasteiger partial charge in [-0.15, -0.1) is 11.3 Å². The zero-order valence-electron chi connectivity index (χ0n) is 11.0. The lowest BCUT2D eigenvalue weighted by molar-refractivity contribution is 0.579. The van der Waals surface area contributed by atoms with Crippen LogP contribution in [-0.2, 0) is 23.1 Å². The fourth-order valence-corrected chi connectivity index (χ4v) is 4.28. The first-order valence-corrected chi connectivity index (χ1v) is 8.54. The molecule has 0 aliphatic rings. The van der Waals surface area contributed by atoms with Gasteiger partial charge < -0.3 is 5.32 Å². The Labute approximate surface area is 126 Å². The summed E-state index contributed by atoms with van der Waals surface area (Å²) in [5, 5.41) is 9.61. The van der Waals surface area contributed by atoms with Crippen molar-refractivity contribution in [3.63, 3.8) is 0 Å². The largest absolute Gasteiger partial charge is 0.314 e. The summed E-state index contributed by atoms with van der Waals surface area (Å²) in [6.07, 6.45) is 0. The molecule has 110 valence electrons. The van der Waals surface area contributed by atoms with Gasteiger partial charge in [0.25, 0.3) is 0 Å². The van der Waals surface area contributed by atoms with Crippen LogP contribution >= 0.6 is 22.9 Å². The Morgan fingerprint density at radius 2 is 2.15 bits per heavy atom. The highest BCUT2D eigenvalue weighted by atomic mass is 35.5. The van der Waals surface area contributed by atoms with Crippen molar-refractivity contribution >= 4 is 33.0 Å². The van der Waals surface area contributed by atoms with Crippen LogP contribution in [0.4, 0.5) is 0 Å². The molecule has 0 saturated heterocycles. The number of sulfonamides is 1. The highest BCUT2D eigenvalue weighted by Gasteiger charge is 2.23. The van der Waals surface area contributed by atoms with E-state index in [-0.39, 0.29) is 11.4 Å². The summed E-state index contributed by atoms with van der Waals surface area (Å²) in [4.78, 5) is 1.06. The predicted molar refractivity (Wildman–Crippen MR) is 79.4 cm³/mol. The maximum atomic E-state index is 12.4. The second-order valence-electron chi connectivity index (χ2n) is 4.19. The normalized spacial score (nSPS) is 11.9. The molecule has 0 aliphatic carbocycles. The molecule has 20 heavy (non-hydrogen) atoms. The number of hydrogen-bond acceptors (Lipinski definition) is 5. The minimum Gasteiger partial charge on any atom is -0.314 e. The molecule has 0 aromatic carbocycles. The van der Waals surface area contributed by atoms with Crippen molar-refractivity contribution < 1.29 is 8.42 Å². The van der Waals surface area contributed by atoms with Crippen molar-refractivity contribution in [1.82, 2.24) is 20.2 Å². The maximum absolute atomic E-state index is 12.4. The quantitative estimate of drug-likeness (QED) is 0.749. The van der Waals surface area contributed by atoms with E-state index < -0.39 is 10.0 Å². The Morgan fingerprint density at radius 1 is 1.40 bits per heavy atom. The van der Waals surface area contributed by atoms with Crippen molar-refractivity contribution in [2.75, 3.05) is 7.05 Å². The third kappa shape index (κ3) is 3.39. The Balaban J connectivity index is 2.20. The first-order chi connectivity index (χ1) is 9.44. The van der Waals surface area contributed by atoms with Crippen LogP contribution in [0, 0.1) is 6.92 Å². The molecule has 0 aliphatic heterocycles. The SMILES string of the molecule is CNCc1n[nH]c(C)c1S(=O)(=O)NCc1ccc(Cl)s1. The molecule has 0 amide bonds. The topological polar surface area (TPSA) is 86.9 Å². The smallest absolute Gasteiger partial charge is 0.244 e. The van der Waals surface area contributed by atoms with Crippen molar-refractivity contribution in [1.29, 1.82) is 0 Å². The number of rotatable bonds is 6. The van der Waals surface area contributed by atoms with E-state index in [1.54, 1.807) is 26.1 Å². The zero-order chi connectivity index (χ0) is 14.8. The van der Waals surface area contributed by atoms with Crippen molar-refractivity contribution in [3.05, 3.63) is 32.7 Å². The van der Waals surface area contributed by atoms with Gasteiger partial charge in [-0.1, -0.05) is 11.6 Å². The van der Waals surface area contributed by atoms with E-state index in [1.165, 1.54) is 11.3 Å². The monoisotopic (exact) mass is 334 g/mol. The number of halogens is 1. The summed E-state index contributed by atoms with van der Waals surface area (Å²) in [5.74, 6) is 0. The van der Waals surface area contributed by atoms with Gasteiger partial charge >= 0.3 is 0 Å². The second kappa shape index (κ2) is 6.23. The van der Waals surface area contributed by atoms with Gasteiger partial charge in [-0.2, -0.15) is 5.10 Å². The number of aromatic amines is 1. The molecule has 3 N–H and O–H groups in total. The van der Waals surface area contributed by atoms with Crippen LogP contribution in [0.2, 0.25) is 4.34 Å². The summed E-state index contributed by atoms with van der Waals surface area (Å²) >= 11 is 7.17. The Bertz CT molecular complexity index is 693. The average molecular weight is 335 g/mol. The molecule has 0 atom stereocenters. The average Bonchev–Trinajstić information content (AvgIpc) is 2.95. The van der Waals surface area contributed by atoms with E-state index in [1.807, 2.05) is 0 Å². The third-order valence-electron chi connectivity index (χ3n) is 2.64. The lowest BCUT2D eigenvalue weighted by atomic mass is 10.4. The van der Waals surface area contributed by atoms with Gasteiger partial charge in [0.15, 0.2) is 0 Å². The van der Waals surface area contributed by atoms with Gasteiger partial charge in [0.1, 0.15) is 4.90 Å². The molecule has 0 spiro atoms. The summed E-state index contributed by atoms with van der Waals surface area (Å²) in [5.41, 5.74) is 0.994. The molecule has 6 nitrogen and oxygen atoms in total. The maximum Gasteiger partial charge on any atom is 0.244 e. The van der Waals surface area contributed by atoms with Crippen LogP contribution in [0.1, 0.15) is 16.3 Å². The second-order valence-corrected chi connectivity index (χ2v) is 7.69. The first kappa shape index (κ1) is 15.5. The number of H-pyrrole nitrogens is 1. The fraction of sp³-hybridized carbons (Fsp3) is 0.364. The lowest BCUT2D eigenvalue weighted by Gasteiger charge is -2.07. The molecule has 9 heteroatoms. The number of nitrogens with one attached hydrogen (secondary N) is 3. The molecular weight excluding hydrogens is 320 g/mol. The minimum absolute atomic E-state index is 0.203. The van der Waals surface area contributed by atoms with Gasteiger partial charge in [-0.25, -0.2) is 13.1 Å². The van der Waals surface area contributed by atoms with Crippen LogP contribution in [0.5, 0.6) is 0 Å². The molecule has 2 aromatic rings. The van der Waals surface area contributed by atoms with Crippen molar-refractivity contribution in [2.24, 2.45) is 0 Å². The first-order valence-electron chi connectivity index (χ1n) is 5.86. The Hall–Kier alpha value is -0.930. The molecule has 0 fully saturated rings. The van der Waals surface area contributed by atoms with E-state index in [9.17, 15) is 8.42 Å². The summed E-state index contributed by atoms with van der Waals surface area (Å²) in [7, 11) is -1.87. The Morgan fingerprint density at radius 3 is 2.75 bits per heavy atom. The Kier molecular flexibility index (Phi) is 4.82. The highest BCUT2D eigenvalue weighted by Crippen LogP contribution is 2.22. The molecular formula is C11H15ClN4O2S2. The molecule has 0 saturated carbocycles. The van der Waals surface area contributed by atoms with Gasteiger partial charge in [0.2, 0.25) is 10.0 Å². The number of thiophene rings is 1. The molecule has 0 bridgehead atoms. The van der Waals surface area contributed by atoms with Crippen molar-refractivity contribution in [2.45, 2.75) is 24.9 Å². The summed E-state index contributed by atoms with van der Waals surface area (Å²) in [6, 6.07) is 3.54. The zero-order valence-corrected chi connectivity index (χ0v) is 13.4. The van der Waals surface area contributed by atoms with Crippen LogP contribution in [0.25, 0.3) is 0 Å². The lowest BCUT2D eigenvalue weighted by Crippen LogP contribution is -2.25. The van der Waals surface area contributed by atoms with Gasteiger partial charge in [0.05, 0.1) is 15.7 Å². The standard InChI is InChI=1S/C11H15ClN4O2S2/c1-7-11(9(6-13-2)16-15-7)20(17,18)14-5-8-3-4-10(12)19-8/h3-4,13-14H,5-6H2,1-2H3,(H,15,16). The predicted octanol–water partition coefficient (Wildman–Crippen LogP) is 1.63.